The first-order valence-corrected chi connectivity index (χ1v) is 7.02. The molecule has 0 saturated carbocycles. The maximum Gasteiger partial charge on any atom is 0.336 e. The SMILES string of the molecule is COC(=O)C1=C(C)NC(C)=C(C(=O)O)C1c1cccc([N+](=O)[O-])c1.O. The molecule has 1 aliphatic rings. The summed E-state index contributed by atoms with van der Waals surface area (Å²) in [5, 5.41) is 23.4. The fourth-order valence-corrected chi connectivity index (χ4v) is 2.81. The number of dihydropyridines is 1. The number of nitro benzene ring substituents is 1. The van der Waals surface area contributed by atoms with Crippen molar-refractivity contribution < 1.29 is 29.8 Å². The number of hydrogen-bond acceptors (Lipinski definition) is 6. The Kier molecular flexibility index (Phi) is 6.02. The molecule has 0 spiro atoms. The lowest BCUT2D eigenvalue weighted by Gasteiger charge is -2.29. The van der Waals surface area contributed by atoms with Gasteiger partial charge in [-0.25, -0.2) is 9.59 Å². The van der Waals surface area contributed by atoms with Gasteiger partial charge in [-0.3, -0.25) is 10.1 Å². The molecule has 1 unspecified atom stereocenters. The van der Waals surface area contributed by atoms with Crippen LogP contribution in [0.15, 0.2) is 46.8 Å². The average Bonchev–Trinajstić information content (AvgIpc) is 2.53. The van der Waals surface area contributed by atoms with E-state index in [2.05, 4.69) is 5.32 Å². The van der Waals surface area contributed by atoms with Crippen LogP contribution in [0.1, 0.15) is 25.3 Å². The highest BCUT2D eigenvalue weighted by atomic mass is 16.6. The van der Waals surface area contributed by atoms with Crippen molar-refractivity contribution >= 4 is 17.6 Å². The monoisotopic (exact) mass is 350 g/mol. The zero-order valence-corrected chi connectivity index (χ0v) is 13.8. The van der Waals surface area contributed by atoms with E-state index < -0.39 is 22.8 Å². The summed E-state index contributed by atoms with van der Waals surface area (Å²) in [7, 11) is 1.19. The summed E-state index contributed by atoms with van der Waals surface area (Å²) in [6.07, 6.45) is 0. The van der Waals surface area contributed by atoms with E-state index in [0.717, 1.165) is 0 Å². The number of non-ortho nitro benzene ring substituents is 1. The Bertz CT molecular complexity index is 795. The number of methoxy groups -OCH3 is 1. The predicted octanol–water partition coefficient (Wildman–Crippen LogP) is 1.26. The molecule has 1 atom stereocenters. The number of ether oxygens (including phenoxy) is 1. The second-order valence-electron chi connectivity index (χ2n) is 5.28. The standard InChI is InChI=1S/C16H16N2O6.H2O/c1-8-12(15(19)20)14(13(9(2)17-8)16(21)24-3)10-5-4-6-11(7-10)18(22)23;/h4-7,14,17H,1-3H3,(H,19,20);1H2. The van der Waals surface area contributed by atoms with Gasteiger partial charge in [-0.15, -0.1) is 0 Å². The molecule has 0 amide bonds. The molecule has 1 heterocycles. The second kappa shape index (κ2) is 7.58. The van der Waals surface area contributed by atoms with Crippen molar-refractivity contribution in [3.05, 3.63) is 62.5 Å². The number of carbonyl (C=O) groups excluding carboxylic acids is 1. The van der Waals surface area contributed by atoms with E-state index in [9.17, 15) is 24.8 Å². The molecule has 25 heavy (non-hydrogen) atoms. The average molecular weight is 350 g/mol. The third-order valence-electron chi connectivity index (χ3n) is 3.81. The van der Waals surface area contributed by atoms with E-state index in [1.54, 1.807) is 19.9 Å². The van der Waals surface area contributed by atoms with Crippen LogP contribution in [-0.4, -0.2) is 34.6 Å². The normalized spacial score (nSPS) is 16.7. The van der Waals surface area contributed by atoms with Gasteiger partial charge in [0.15, 0.2) is 0 Å². The third-order valence-corrected chi connectivity index (χ3v) is 3.81. The number of carbonyl (C=O) groups is 2. The maximum absolute atomic E-state index is 12.2. The van der Waals surface area contributed by atoms with Gasteiger partial charge in [0.2, 0.25) is 0 Å². The van der Waals surface area contributed by atoms with E-state index in [4.69, 9.17) is 4.74 Å². The third kappa shape index (κ3) is 3.66. The van der Waals surface area contributed by atoms with E-state index in [-0.39, 0.29) is 22.3 Å². The number of nitrogens with zero attached hydrogens (tertiary/aromatic N) is 1. The van der Waals surface area contributed by atoms with E-state index >= 15 is 0 Å². The molecule has 1 aromatic rings. The zero-order valence-electron chi connectivity index (χ0n) is 13.8. The van der Waals surface area contributed by atoms with Crippen molar-refractivity contribution in [2.75, 3.05) is 7.11 Å². The highest BCUT2D eigenvalue weighted by Gasteiger charge is 2.37. The van der Waals surface area contributed by atoms with Crippen molar-refractivity contribution in [1.29, 1.82) is 0 Å². The number of rotatable bonds is 4. The molecule has 0 aliphatic carbocycles. The molecule has 134 valence electrons. The predicted molar refractivity (Wildman–Crippen MR) is 87.6 cm³/mol. The first-order chi connectivity index (χ1) is 11.3. The van der Waals surface area contributed by atoms with E-state index in [1.807, 2.05) is 0 Å². The zero-order chi connectivity index (χ0) is 18.0. The number of nitrogens with one attached hydrogen (secondary N) is 1. The van der Waals surface area contributed by atoms with Gasteiger partial charge in [0.25, 0.3) is 5.69 Å². The highest BCUT2D eigenvalue weighted by molar-refractivity contribution is 5.99. The van der Waals surface area contributed by atoms with Crippen LogP contribution in [0.4, 0.5) is 5.69 Å². The fourth-order valence-electron chi connectivity index (χ4n) is 2.81. The first kappa shape index (κ1) is 19.8. The van der Waals surface area contributed by atoms with Crippen LogP contribution in [0, 0.1) is 10.1 Å². The maximum atomic E-state index is 12.2. The molecule has 0 radical (unpaired) electrons. The Morgan fingerprint density at radius 1 is 1.24 bits per heavy atom. The molecule has 4 N–H and O–H groups in total. The van der Waals surface area contributed by atoms with Gasteiger partial charge in [0.05, 0.1) is 29.1 Å². The van der Waals surface area contributed by atoms with Crippen molar-refractivity contribution in [2.24, 2.45) is 0 Å². The lowest BCUT2D eigenvalue weighted by molar-refractivity contribution is -0.384. The first-order valence-electron chi connectivity index (χ1n) is 7.02. The molecular formula is C16H18N2O7. The molecule has 1 aromatic carbocycles. The van der Waals surface area contributed by atoms with Gasteiger partial charge >= 0.3 is 11.9 Å². The van der Waals surface area contributed by atoms with Crippen LogP contribution in [0.3, 0.4) is 0 Å². The second-order valence-corrected chi connectivity index (χ2v) is 5.28. The number of carboxylic acid groups (broad SMARTS) is 1. The van der Waals surface area contributed by atoms with Crippen LogP contribution < -0.4 is 5.32 Å². The van der Waals surface area contributed by atoms with Crippen LogP contribution in [0.25, 0.3) is 0 Å². The molecule has 0 fully saturated rings. The molecule has 0 bridgehead atoms. The number of aliphatic carboxylic acids is 1. The van der Waals surface area contributed by atoms with Gasteiger partial charge in [-0.2, -0.15) is 0 Å². The van der Waals surface area contributed by atoms with Gasteiger partial charge in [0.1, 0.15) is 0 Å². The van der Waals surface area contributed by atoms with Crippen LogP contribution in [0.2, 0.25) is 0 Å². The fraction of sp³-hybridized carbons (Fsp3) is 0.250. The van der Waals surface area contributed by atoms with Gasteiger partial charge < -0.3 is 20.6 Å². The molecule has 9 nitrogen and oxygen atoms in total. The van der Waals surface area contributed by atoms with Gasteiger partial charge in [-0.05, 0) is 19.4 Å². The van der Waals surface area contributed by atoms with Crippen molar-refractivity contribution in [2.45, 2.75) is 19.8 Å². The molecule has 1 aliphatic heterocycles. The summed E-state index contributed by atoms with van der Waals surface area (Å²) in [6, 6.07) is 5.57. The Hall–Kier alpha value is -3.20. The number of esters is 1. The molecule has 2 rings (SSSR count). The Morgan fingerprint density at radius 2 is 1.84 bits per heavy atom. The van der Waals surface area contributed by atoms with Crippen LogP contribution in [-0.2, 0) is 14.3 Å². The summed E-state index contributed by atoms with van der Waals surface area (Å²) in [5.74, 6) is -2.87. The summed E-state index contributed by atoms with van der Waals surface area (Å²) >= 11 is 0. The topological polar surface area (TPSA) is 150 Å². The Balaban J connectivity index is 0.00000312. The Morgan fingerprint density at radius 3 is 2.36 bits per heavy atom. The smallest absolute Gasteiger partial charge is 0.336 e. The number of nitro groups is 1. The van der Waals surface area contributed by atoms with Crippen molar-refractivity contribution in [1.82, 2.24) is 5.32 Å². The van der Waals surface area contributed by atoms with Crippen molar-refractivity contribution in [3.8, 4) is 0 Å². The van der Waals surface area contributed by atoms with E-state index in [0.29, 0.717) is 17.0 Å². The number of carboxylic acids is 1. The van der Waals surface area contributed by atoms with Crippen LogP contribution in [0.5, 0.6) is 0 Å². The minimum absolute atomic E-state index is 0. The lowest BCUT2D eigenvalue weighted by atomic mass is 9.80. The number of benzene rings is 1. The number of allylic oxidation sites excluding steroid dienone is 2. The van der Waals surface area contributed by atoms with Gasteiger partial charge in [-0.1, -0.05) is 12.1 Å². The summed E-state index contributed by atoms with van der Waals surface area (Å²) in [5.41, 5.74) is 1.02. The largest absolute Gasteiger partial charge is 0.478 e. The molecule has 0 saturated heterocycles. The van der Waals surface area contributed by atoms with Gasteiger partial charge in [0, 0.05) is 23.5 Å². The number of hydrogen-bond donors (Lipinski definition) is 2. The quantitative estimate of drug-likeness (QED) is 0.471. The highest BCUT2D eigenvalue weighted by Crippen LogP contribution is 2.39. The Labute approximate surface area is 143 Å². The summed E-state index contributed by atoms with van der Waals surface area (Å²) < 4.78 is 4.77. The lowest BCUT2D eigenvalue weighted by Crippen LogP contribution is -2.31. The molecular weight excluding hydrogens is 332 g/mol. The molecule has 0 aromatic heterocycles. The minimum atomic E-state index is -1.22. The van der Waals surface area contributed by atoms with E-state index in [1.165, 1.54) is 25.3 Å². The summed E-state index contributed by atoms with van der Waals surface area (Å²) in [6.45, 7) is 3.20. The molecule has 9 heteroatoms. The summed E-state index contributed by atoms with van der Waals surface area (Å²) in [4.78, 5) is 34.3. The van der Waals surface area contributed by atoms with Crippen molar-refractivity contribution in [3.63, 3.8) is 0 Å². The van der Waals surface area contributed by atoms with Crippen LogP contribution >= 0.6 is 0 Å². The minimum Gasteiger partial charge on any atom is -0.478 e.